The number of methoxy groups -OCH3 is 1. The Labute approximate surface area is 205 Å². The summed E-state index contributed by atoms with van der Waals surface area (Å²) in [6.07, 6.45) is 0.172. The highest BCUT2D eigenvalue weighted by Crippen LogP contribution is 2.27. The molecule has 2 N–H and O–H groups in total. The number of fused-ring (bicyclic) bond motifs is 1. The summed E-state index contributed by atoms with van der Waals surface area (Å²) < 4.78 is 10.5. The first-order valence-corrected chi connectivity index (χ1v) is 11.7. The van der Waals surface area contributed by atoms with Crippen LogP contribution in [0.1, 0.15) is 47.9 Å². The molecule has 0 bridgehead atoms. The van der Waals surface area contributed by atoms with Crippen molar-refractivity contribution in [1.82, 2.24) is 20.4 Å². The molecule has 1 heterocycles. The summed E-state index contributed by atoms with van der Waals surface area (Å²) in [7, 11) is 3.06. The van der Waals surface area contributed by atoms with Gasteiger partial charge in [0.25, 0.3) is 0 Å². The zero-order valence-corrected chi connectivity index (χ0v) is 21.0. The number of likely N-dealkylation sites (N-methyl/N-ethyl adjacent to an activating group) is 1. The Balaban J connectivity index is 1.76. The normalized spacial score (nSPS) is 18.4. The van der Waals surface area contributed by atoms with Crippen LogP contribution in [0.15, 0.2) is 35.7 Å². The lowest BCUT2D eigenvalue weighted by atomic mass is 9.89. The Morgan fingerprint density at radius 2 is 1.80 bits per heavy atom. The van der Waals surface area contributed by atoms with E-state index in [0.29, 0.717) is 25.1 Å². The van der Waals surface area contributed by atoms with Crippen molar-refractivity contribution in [1.29, 1.82) is 0 Å². The second-order valence-corrected chi connectivity index (χ2v) is 9.58. The molecule has 1 atom stereocenters. The SMILES string of the molecule is CNC1=C(N(CCOC)C(=O)CN2CCC(NC(=O)OC(C)(C)C)C2)C(=O)c2ccccc2C1=O. The second kappa shape index (κ2) is 11.0. The first-order chi connectivity index (χ1) is 16.6. The molecule has 1 aliphatic heterocycles. The van der Waals surface area contributed by atoms with E-state index in [-0.39, 0.29) is 60.2 Å². The number of alkyl carbamates (subject to hydrolysis) is 1. The highest BCUT2D eigenvalue weighted by Gasteiger charge is 2.37. The van der Waals surface area contributed by atoms with Crippen LogP contribution in [0.25, 0.3) is 0 Å². The van der Waals surface area contributed by atoms with Gasteiger partial charge in [0.1, 0.15) is 17.0 Å². The number of hydrogen-bond donors (Lipinski definition) is 2. The molecule has 2 aliphatic rings. The summed E-state index contributed by atoms with van der Waals surface area (Å²) >= 11 is 0. The predicted molar refractivity (Wildman–Crippen MR) is 129 cm³/mol. The van der Waals surface area contributed by atoms with E-state index in [9.17, 15) is 19.2 Å². The number of likely N-dealkylation sites (tertiary alicyclic amines) is 1. The fraction of sp³-hybridized carbons (Fsp3) is 0.520. The van der Waals surface area contributed by atoms with Crippen LogP contribution in [-0.4, -0.2) is 92.0 Å². The average molecular weight is 487 g/mol. The van der Waals surface area contributed by atoms with Crippen LogP contribution in [0.2, 0.25) is 0 Å². The number of ether oxygens (including phenoxy) is 2. The number of benzene rings is 1. The number of allylic oxidation sites excluding steroid dienone is 2. The summed E-state index contributed by atoms with van der Waals surface area (Å²) in [5, 5.41) is 5.67. The minimum Gasteiger partial charge on any atom is -0.444 e. The summed E-state index contributed by atoms with van der Waals surface area (Å²) in [6.45, 7) is 6.79. The van der Waals surface area contributed by atoms with E-state index in [2.05, 4.69) is 10.6 Å². The third-order valence-electron chi connectivity index (χ3n) is 5.79. The molecule has 10 heteroatoms. The van der Waals surface area contributed by atoms with E-state index in [1.807, 2.05) is 4.90 Å². The first-order valence-electron chi connectivity index (χ1n) is 11.7. The van der Waals surface area contributed by atoms with Crippen LogP contribution in [0.5, 0.6) is 0 Å². The minimum atomic E-state index is -0.596. The van der Waals surface area contributed by atoms with Gasteiger partial charge >= 0.3 is 6.09 Å². The number of ketones is 2. The van der Waals surface area contributed by atoms with Crippen LogP contribution in [0.3, 0.4) is 0 Å². The van der Waals surface area contributed by atoms with E-state index in [0.717, 1.165) is 0 Å². The van der Waals surface area contributed by atoms with Crippen molar-refractivity contribution in [2.45, 2.75) is 38.8 Å². The molecule has 1 aromatic rings. The van der Waals surface area contributed by atoms with Crippen LogP contribution < -0.4 is 10.6 Å². The molecule has 1 aromatic carbocycles. The van der Waals surface area contributed by atoms with Crippen molar-refractivity contribution in [3.05, 3.63) is 46.8 Å². The van der Waals surface area contributed by atoms with Crippen LogP contribution in [0.4, 0.5) is 4.79 Å². The quantitative estimate of drug-likeness (QED) is 0.569. The third kappa shape index (κ3) is 6.26. The predicted octanol–water partition coefficient (Wildman–Crippen LogP) is 1.57. The van der Waals surface area contributed by atoms with Gasteiger partial charge in [-0.2, -0.15) is 0 Å². The molecule has 35 heavy (non-hydrogen) atoms. The van der Waals surface area contributed by atoms with Crippen molar-refractivity contribution >= 4 is 23.6 Å². The van der Waals surface area contributed by atoms with Gasteiger partial charge in [-0.25, -0.2) is 4.79 Å². The Hall–Kier alpha value is -3.24. The fourth-order valence-electron chi connectivity index (χ4n) is 4.24. The summed E-state index contributed by atoms with van der Waals surface area (Å²) in [6, 6.07) is 6.43. The van der Waals surface area contributed by atoms with Crippen molar-refractivity contribution in [2.75, 3.05) is 46.9 Å². The lowest BCUT2D eigenvalue weighted by Crippen LogP contribution is -2.46. The molecule has 3 rings (SSSR count). The largest absolute Gasteiger partial charge is 0.444 e. The van der Waals surface area contributed by atoms with E-state index in [1.54, 1.807) is 52.1 Å². The van der Waals surface area contributed by atoms with Crippen molar-refractivity contribution in [2.24, 2.45) is 0 Å². The Bertz CT molecular complexity index is 1030. The highest BCUT2D eigenvalue weighted by atomic mass is 16.6. The molecule has 10 nitrogen and oxygen atoms in total. The first kappa shape index (κ1) is 26.4. The van der Waals surface area contributed by atoms with E-state index in [4.69, 9.17) is 9.47 Å². The molecule has 0 spiro atoms. The number of hydrogen-bond acceptors (Lipinski definition) is 8. The van der Waals surface area contributed by atoms with Crippen LogP contribution in [0, 0.1) is 0 Å². The van der Waals surface area contributed by atoms with Crippen LogP contribution >= 0.6 is 0 Å². The van der Waals surface area contributed by atoms with Crippen molar-refractivity contribution in [3.63, 3.8) is 0 Å². The second-order valence-electron chi connectivity index (χ2n) is 9.58. The lowest BCUT2D eigenvalue weighted by Gasteiger charge is -2.31. The number of carbonyl (C=O) groups is 4. The molecular formula is C25H34N4O6. The molecule has 0 radical (unpaired) electrons. The Kier molecular flexibility index (Phi) is 8.29. The van der Waals surface area contributed by atoms with Gasteiger partial charge < -0.3 is 25.0 Å². The van der Waals surface area contributed by atoms with Gasteiger partial charge in [-0.15, -0.1) is 0 Å². The Morgan fingerprint density at radius 1 is 1.14 bits per heavy atom. The average Bonchev–Trinajstić information content (AvgIpc) is 3.22. The van der Waals surface area contributed by atoms with Crippen molar-refractivity contribution < 1.29 is 28.7 Å². The molecule has 1 aliphatic carbocycles. The monoisotopic (exact) mass is 486 g/mol. The van der Waals surface area contributed by atoms with Gasteiger partial charge in [-0.05, 0) is 27.2 Å². The van der Waals surface area contributed by atoms with Crippen molar-refractivity contribution in [3.8, 4) is 0 Å². The number of amides is 2. The zero-order chi connectivity index (χ0) is 25.8. The van der Waals surface area contributed by atoms with Gasteiger partial charge in [0.2, 0.25) is 17.5 Å². The van der Waals surface area contributed by atoms with Gasteiger partial charge in [0.05, 0.1) is 13.2 Å². The van der Waals surface area contributed by atoms with E-state index in [1.165, 1.54) is 12.0 Å². The highest BCUT2D eigenvalue weighted by molar-refractivity contribution is 6.27. The number of carbonyl (C=O) groups excluding carboxylic acids is 4. The summed E-state index contributed by atoms with van der Waals surface area (Å²) in [5.41, 5.74) is 0.0939. The van der Waals surface area contributed by atoms with Gasteiger partial charge in [0.15, 0.2) is 0 Å². The summed E-state index contributed by atoms with van der Waals surface area (Å²) in [5.74, 6) is -1.06. The van der Waals surface area contributed by atoms with E-state index >= 15 is 0 Å². The smallest absolute Gasteiger partial charge is 0.407 e. The minimum absolute atomic E-state index is 0.0276. The molecule has 0 saturated carbocycles. The lowest BCUT2D eigenvalue weighted by molar-refractivity contribution is -0.130. The molecule has 1 unspecified atom stereocenters. The van der Waals surface area contributed by atoms with Gasteiger partial charge in [-0.1, -0.05) is 24.3 Å². The Morgan fingerprint density at radius 3 is 2.40 bits per heavy atom. The van der Waals surface area contributed by atoms with E-state index < -0.39 is 11.7 Å². The van der Waals surface area contributed by atoms with Gasteiger partial charge in [0, 0.05) is 51.0 Å². The number of nitrogens with one attached hydrogen (secondary N) is 2. The number of Topliss-reactive ketones (excluding diaryl/α,β-unsaturated/α-hetero) is 2. The number of rotatable bonds is 8. The summed E-state index contributed by atoms with van der Waals surface area (Å²) in [4.78, 5) is 55.3. The van der Waals surface area contributed by atoms with Crippen LogP contribution in [-0.2, 0) is 14.3 Å². The molecule has 1 fully saturated rings. The maximum atomic E-state index is 13.4. The molecule has 2 amide bonds. The third-order valence-corrected chi connectivity index (χ3v) is 5.79. The molecule has 1 saturated heterocycles. The molecular weight excluding hydrogens is 452 g/mol. The maximum absolute atomic E-state index is 13.4. The molecule has 190 valence electrons. The standard InChI is InChI=1S/C25H34N4O6/c1-25(2,3)35-24(33)27-16-10-11-28(14-16)15-19(30)29(12-13-34-5)21-20(26-4)22(31)17-8-6-7-9-18(17)23(21)32/h6-9,16,26H,10-15H2,1-5H3,(H,27,33). The zero-order valence-electron chi connectivity index (χ0n) is 21.0. The molecule has 0 aromatic heterocycles. The number of nitrogens with zero attached hydrogens (tertiary/aromatic N) is 2. The maximum Gasteiger partial charge on any atom is 0.407 e. The van der Waals surface area contributed by atoms with Gasteiger partial charge in [-0.3, -0.25) is 19.3 Å². The fourth-order valence-corrected chi connectivity index (χ4v) is 4.24. The topological polar surface area (TPSA) is 117 Å².